The van der Waals surface area contributed by atoms with Crippen molar-refractivity contribution < 1.29 is 23.8 Å². The number of rotatable bonds is 10. The lowest BCUT2D eigenvalue weighted by molar-refractivity contribution is -0.127. The van der Waals surface area contributed by atoms with E-state index in [2.05, 4.69) is 26.5 Å². The van der Waals surface area contributed by atoms with Gasteiger partial charge in [0.05, 0.1) is 11.8 Å². The quantitative estimate of drug-likeness (QED) is 0.106. The Morgan fingerprint density at radius 3 is 2.18 bits per heavy atom. The molecule has 0 bridgehead atoms. The summed E-state index contributed by atoms with van der Waals surface area (Å²) < 4.78 is 17.5. The third kappa shape index (κ3) is 7.78. The summed E-state index contributed by atoms with van der Waals surface area (Å²) in [7, 11) is 0. The number of hydrogen-bond acceptors (Lipinski definition) is 6. The number of benzene rings is 4. The van der Waals surface area contributed by atoms with Gasteiger partial charge in [-0.3, -0.25) is 4.79 Å². The van der Waals surface area contributed by atoms with Gasteiger partial charge in [-0.1, -0.05) is 42.5 Å². The molecule has 38 heavy (non-hydrogen) atoms. The van der Waals surface area contributed by atoms with Crippen molar-refractivity contribution in [2.24, 2.45) is 5.10 Å². The number of nitrogens with one attached hydrogen (secondary N) is 1. The maximum atomic E-state index is 12.4. The maximum Gasteiger partial charge on any atom is 0.344 e. The summed E-state index contributed by atoms with van der Waals surface area (Å²) >= 11 is 3.34. The van der Waals surface area contributed by atoms with Crippen molar-refractivity contribution in [2.45, 2.75) is 19.6 Å². The first-order valence-electron chi connectivity index (χ1n) is 11.8. The molecule has 7 nitrogen and oxygen atoms in total. The molecule has 0 saturated carbocycles. The van der Waals surface area contributed by atoms with Crippen LogP contribution in [0.2, 0.25) is 0 Å². The van der Waals surface area contributed by atoms with E-state index in [1.807, 2.05) is 36.4 Å². The molecule has 0 radical (unpaired) electrons. The van der Waals surface area contributed by atoms with E-state index in [-0.39, 0.29) is 0 Å². The normalized spacial score (nSPS) is 11.5. The van der Waals surface area contributed by atoms with E-state index < -0.39 is 18.0 Å². The van der Waals surface area contributed by atoms with Crippen LogP contribution in [0.1, 0.15) is 28.4 Å². The van der Waals surface area contributed by atoms with Crippen LogP contribution < -0.4 is 19.6 Å². The van der Waals surface area contributed by atoms with Crippen LogP contribution in [0.4, 0.5) is 0 Å². The van der Waals surface area contributed by atoms with Gasteiger partial charge in [0.25, 0.3) is 5.91 Å². The lowest BCUT2D eigenvalue weighted by Gasteiger charge is -2.13. The molecule has 0 aliphatic carbocycles. The number of amides is 1. The Balaban J connectivity index is 1.22. The summed E-state index contributed by atoms with van der Waals surface area (Å²) in [6.07, 6.45) is 0.727. The zero-order chi connectivity index (χ0) is 26.7. The van der Waals surface area contributed by atoms with Gasteiger partial charge in [-0.05, 0) is 94.6 Å². The molecule has 0 aliphatic rings. The van der Waals surface area contributed by atoms with Crippen molar-refractivity contribution in [2.75, 3.05) is 0 Å². The van der Waals surface area contributed by atoms with E-state index in [1.165, 1.54) is 6.21 Å². The molecule has 0 spiro atoms. The first kappa shape index (κ1) is 26.6. The van der Waals surface area contributed by atoms with E-state index in [1.54, 1.807) is 73.7 Å². The van der Waals surface area contributed by atoms with Gasteiger partial charge in [0.1, 0.15) is 23.9 Å². The van der Waals surface area contributed by atoms with Crippen LogP contribution >= 0.6 is 15.9 Å². The molecule has 0 aromatic heterocycles. The summed E-state index contributed by atoms with van der Waals surface area (Å²) in [5, 5.41) is 3.98. The van der Waals surface area contributed by atoms with Crippen LogP contribution in [-0.2, 0) is 11.4 Å². The van der Waals surface area contributed by atoms with Gasteiger partial charge >= 0.3 is 5.97 Å². The Morgan fingerprint density at radius 2 is 1.47 bits per heavy atom. The SMILES string of the molecule is C[C@@H](Oc1ccc(OCc2ccccc2)cc1)C(=O)N/N=C\c1ccc(OC(=O)c2ccccc2Br)cc1. The predicted molar refractivity (Wildman–Crippen MR) is 149 cm³/mol. The van der Waals surface area contributed by atoms with Crippen LogP contribution in [0.15, 0.2) is 113 Å². The van der Waals surface area contributed by atoms with Crippen molar-refractivity contribution >= 4 is 34.0 Å². The van der Waals surface area contributed by atoms with Gasteiger partial charge in [-0.2, -0.15) is 5.10 Å². The molecule has 0 fully saturated rings. The van der Waals surface area contributed by atoms with Crippen LogP contribution in [-0.4, -0.2) is 24.2 Å². The largest absolute Gasteiger partial charge is 0.489 e. The zero-order valence-electron chi connectivity index (χ0n) is 20.5. The number of nitrogens with zero attached hydrogens (tertiary/aromatic N) is 1. The molecule has 8 heteroatoms. The van der Waals surface area contributed by atoms with E-state index in [4.69, 9.17) is 14.2 Å². The minimum absolute atomic E-state index is 0.394. The molecule has 0 heterocycles. The second-order valence-electron chi connectivity index (χ2n) is 8.18. The van der Waals surface area contributed by atoms with Crippen molar-refractivity contribution in [1.82, 2.24) is 5.43 Å². The molecule has 0 unspecified atom stereocenters. The van der Waals surface area contributed by atoms with E-state index in [9.17, 15) is 9.59 Å². The fraction of sp³-hybridized carbons (Fsp3) is 0.100. The molecule has 4 aromatic rings. The van der Waals surface area contributed by atoms with Gasteiger partial charge in [0.2, 0.25) is 0 Å². The minimum atomic E-state index is -0.762. The predicted octanol–water partition coefficient (Wildman–Crippen LogP) is 6.16. The highest BCUT2D eigenvalue weighted by Gasteiger charge is 2.14. The summed E-state index contributed by atoms with van der Waals surface area (Å²) in [5.74, 6) is 0.776. The number of esters is 1. The molecule has 0 saturated heterocycles. The van der Waals surface area contributed by atoms with Gasteiger partial charge < -0.3 is 14.2 Å². The summed E-state index contributed by atoms with van der Waals surface area (Å²) in [6, 6.07) is 30.7. The monoisotopic (exact) mass is 572 g/mol. The Hall–Kier alpha value is -4.43. The second-order valence-corrected chi connectivity index (χ2v) is 9.03. The fourth-order valence-electron chi connectivity index (χ4n) is 3.29. The molecule has 0 aliphatic heterocycles. The molecule has 1 amide bonds. The van der Waals surface area contributed by atoms with Crippen LogP contribution in [0.25, 0.3) is 0 Å². The molecule has 192 valence electrons. The Kier molecular flexibility index (Phi) is 9.26. The molecular formula is C30H25BrN2O5. The lowest BCUT2D eigenvalue weighted by Crippen LogP contribution is -2.33. The fourth-order valence-corrected chi connectivity index (χ4v) is 3.73. The number of hydrogen-bond donors (Lipinski definition) is 1. The lowest BCUT2D eigenvalue weighted by atomic mass is 10.2. The molecular weight excluding hydrogens is 548 g/mol. The molecule has 1 N–H and O–H groups in total. The maximum absolute atomic E-state index is 12.4. The van der Waals surface area contributed by atoms with Crippen molar-refractivity contribution in [3.8, 4) is 17.2 Å². The number of ether oxygens (including phenoxy) is 3. The van der Waals surface area contributed by atoms with Gasteiger partial charge in [-0.15, -0.1) is 0 Å². The first-order valence-corrected chi connectivity index (χ1v) is 12.6. The minimum Gasteiger partial charge on any atom is -0.489 e. The summed E-state index contributed by atoms with van der Waals surface area (Å²) in [5.41, 5.74) is 4.69. The summed E-state index contributed by atoms with van der Waals surface area (Å²) in [6.45, 7) is 2.11. The highest BCUT2D eigenvalue weighted by atomic mass is 79.9. The average Bonchev–Trinajstić information content (AvgIpc) is 2.94. The van der Waals surface area contributed by atoms with E-state index >= 15 is 0 Å². The van der Waals surface area contributed by atoms with Crippen LogP contribution in [0.3, 0.4) is 0 Å². The average molecular weight is 573 g/mol. The number of carbonyl (C=O) groups excluding carboxylic acids is 2. The first-order chi connectivity index (χ1) is 18.5. The summed E-state index contributed by atoms with van der Waals surface area (Å²) in [4.78, 5) is 24.7. The molecule has 1 atom stereocenters. The number of carbonyl (C=O) groups is 2. The van der Waals surface area contributed by atoms with Crippen molar-refractivity contribution in [3.05, 3.63) is 124 Å². The topological polar surface area (TPSA) is 86.2 Å². The Morgan fingerprint density at radius 1 is 0.842 bits per heavy atom. The standard InChI is InChI=1S/C30H25BrN2O5/c1-21(37-25-17-15-24(16-18-25)36-20-23-7-3-2-4-8-23)29(34)33-32-19-22-11-13-26(14-12-22)38-30(35)27-9-5-6-10-28(27)31/h2-19,21H,20H2,1H3,(H,33,34)/b32-19-/t21-/m1/s1. The van der Waals surface area contributed by atoms with Crippen molar-refractivity contribution in [1.29, 1.82) is 0 Å². The van der Waals surface area contributed by atoms with Crippen LogP contribution in [0.5, 0.6) is 17.2 Å². The Labute approximate surface area is 229 Å². The number of halogens is 1. The van der Waals surface area contributed by atoms with Gasteiger partial charge in [-0.25, -0.2) is 10.2 Å². The highest BCUT2D eigenvalue weighted by Crippen LogP contribution is 2.21. The smallest absolute Gasteiger partial charge is 0.344 e. The third-order valence-electron chi connectivity index (χ3n) is 5.33. The van der Waals surface area contributed by atoms with E-state index in [0.29, 0.717) is 39.5 Å². The Bertz CT molecular complexity index is 1390. The number of hydrazone groups is 1. The second kappa shape index (κ2) is 13.2. The van der Waals surface area contributed by atoms with Crippen molar-refractivity contribution in [3.63, 3.8) is 0 Å². The zero-order valence-corrected chi connectivity index (χ0v) is 22.1. The molecule has 4 aromatic carbocycles. The molecule has 4 rings (SSSR count). The highest BCUT2D eigenvalue weighted by molar-refractivity contribution is 9.10. The van der Waals surface area contributed by atoms with Crippen LogP contribution in [0, 0.1) is 0 Å². The van der Waals surface area contributed by atoms with Gasteiger partial charge in [0.15, 0.2) is 6.10 Å². The van der Waals surface area contributed by atoms with Gasteiger partial charge in [0, 0.05) is 4.47 Å². The van der Waals surface area contributed by atoms with E-state index in [0.717, 1.165) is 5.56 Å². The third-order valence-corrected chi connectivity index (χ3v) is 6.02.